The lowest BCUT2D eigenvalue weighted by Crippen LogP contribution is -2.22. The molecule has 0 saturated heterocycles. The fraction of sp³-hybridized carbons (Fsp3) is 0.483. The standard InChI is InChI=1S/C29H41N3O/c1-18(2)24-16-13-17-25(19(3)4)27(24)30-22(7)23(8)32-33-28(29(9,10)11)31-26-20(5)14-12-15-21(26)6/h12-19H,1-11H3. The van der Waals surface area contributed by atoms with E-state index in [1.807, 2.05) is 19.9 Å². The van der Waals surface area contributed by atoms with Crippen LogP contribution in [0, 0.1) is 19.3 Å². The third kappa shape index (κ3) is 6.86. The highest BCUT2D eigenvalue weighted by molar-refractivity contribution is 6.41. The summed E-state index contributed by atoms with van der Waals surface area (Å²) in [6, 6.07) is 12.6. The normalized spacial score (nSPS) is 13.8. The molecule has 0 N–H and O–H groups in total. The van der Waals surface area contributed by atoms with Gasteiger partial charge in [-0.3, -0.25) is 4.99 Å². The molecule has 2 aromatic carbocycles. The van der Waals surface area contributed by atoms with Gasteiger partial charge in [0.1, 0.15) is 0 Å². The molecule has 0 radical (unpaired) electrons. The Kier molecular flexibility index (Phi) is 8.76. The van der Waals surface area contributed by atoms with Gasteiger partial charge in [-0.15, -0.1) is 0 Å². The minimum Gasteiger partial charge on any atom is -0.340 e. The van der Waals surface area contributed by atoms with E-state index >= 15 is 0 Å². The molecule has 2 aromatic rings. The average Bonchev–Trinajstić information content (AvgIpc) is 2.71. The number of hydrogen-bond donors (Lipinski definition) is 0. The van der Waals surface area contributed by atoms with Crippen molar-refractivity contribution in [1.82, 2.24) is 0 Å². The number of rotatable bonds is 6. The molecule has 0 aliphatic rings. The zero-order valence-electron chi connectivity index (χ0n) is 22.4. The molecule has 0 heterocycles. The highest BCUT2D eigenvalue weighted by atomic mass is 16.6. The molecule has 0 fully saturated rings. The number of aliphatic imine (C=N–C) groups is 2. The second kappa shape index (κ2) is 10.9. The third-order valence-corrected chi connectivity index (χ3v) is 5.71. The predicted octanol–water partition coefficient (Wildman–Crippen LogP) is 8.81. The fourth-order valence-electron chi connectivity index (χ4n) is 3.48. The predicted molar refractivity (Wildman–Crippen MR) is 144 cm³/mol. The Morgan fingerprint density at radius 1 is 0.727 bits per heavy atom. The number of oxime groups is 1. The van der Waals surface area contributed by atoms with Gasteiger partial charge in [-0.05, 0) is 61.8 Å². The van der Waals surface area contributed by atoms with Gasteiger partial charge in [-0.25, -0.2) is 4.99 Å². The van der Waals surface area contributed by atoms with Gasteiger partial charge < -0.3 is 4.84 Å². The molecule has 0 unspecified atom stereocenters. The molecule has 0 amide bonds. The van der Waals surface area contributed by atoms with Crippen molar-refractivity contribution >= 4 is 28.7 Å². The van der Waals surface area contributed by atoms with Crippen molar-refractivity contribution in [2.24, 2.45) is 20.6 Å². The molecule has 2 rings (SSSR count). The molecule has 0 bridgehead atoms. The first kappa shape index (κ1) is 26.5. The lowest BCUT2D eigenvalue weighted by molar-refractivity contribution is 0.280. The van der Waals surface area contributed by atoms with Crippen molar-refractivity contribution in [3.05, 3.63) is 58.7 Å². The molecule has 33 heavy (non-hydrogen) atoms. The topological polar surface area (TPSA) is 46.3 Å². The van der Waals surface area contributed by atoms with Gasteiger partial charge in [0, 0.05) is 5.41 Å². The van der Waals surface area contributed by atoms with Crippen LogP contribution in [-0.4, -0.2) is 17.3 Å². The van der Waals surface area contributed by atoms with Gasteiger partial charge in [-0.2, -0.15) is 0 Å². The monoisotopic (exact) mass is 447 g/mol. The summed E-state index contributed by atoms with van der Waals surface area (Å²) in [5, 5.41) is 4.45. The van der Waals surface area contributed by atoms with E-state index in [1.54, 1.807) is 0 Å². The van der Waals surface area contributed by atoms with Crippen LogP contribution in [0.4, 0.5) is 11.4 Å². The van der Waals surface area contributed by atoms with Gasteiger partial charge >= 0.3 is 0 Å². The summed E-state index contributed by atoms with van der Waals surface area (Å²) in [6.45, 7) is 23.1. The van der Waals surface area contributed by atoms with E-state index in [2.05, 4.69) is 97.8 Å². The summed E-state index contributed by atoms with van der Waals surface area (Å²) in [6.07, 6.45) is 0. The van der Waals surface area contributed by atoms with E-state index in [9.17, 15) is 0 Å². The first-order chi connectivity index (χ1) is 15.3. The van der Waals surface area contributed by atoms with Crippen LogP contribution < -0.4 is 0 Å². The van der Waals surface area contributed by atoms with Crippen molar-refractivity contribution in [3.8, 4) is 0 Å². The summed E-state index contributed by atoms with van der Waals surface area (Å²) >= 11 is 0. The summed E-state index contributed by atoms with van der Waals surface area (Å²) in [5.74, 6) is 1.36. The Morgan fingerprint density at radius 3 is 1.67 bits per heavy atom. The number of hydrogen-bond acceptors (Lipinski definition) is 4. The van der Waals surface area contributed by atoms with Crippen LogP contribution in [0.15, 0.2) is 51.5 Å². The number of aryl methyl sites for hydroxylation is 2. The second-order valence-electron chi connectivity index (χ2n) is 10.5. The van der Waals surface area contributed by atoms with Crippen LogP contribution >= 0.6 is 0 Å². The summed E-state index contributed by atoms with van der Waals surface area (Å²) < 4.78 is 0. The van der Waals surface area contributed by atoms with Crippen molar-refractivity contribution in [2.75, 3.05) is 0 Å². The SMILES string of the molecule is CC(=NOC(=Nc1c(C)cccc1C)C(C)(C)C)C(C)=Nc1c(C(C)C)cccc1C(C)C. The van der Waals surface area contributed by atoms with Crippen molar-refractivity contribution in [3.63, 3.8) is 0 Å². The Labute approximate surface area is 200 Å². The lowest BCUT2D eigenvalue weighted by Gasteiger charge is -2.20. The number of para-hydroxylation sites is 2. The fourth-order valence-corrected chi connectivity index (χ4v) is 3.48. The Balaban J connectivity index is 2.46. The van der Waals surface area contributed by atoms with Crippen LogP contribution in [0.5, 0.6) is 0 Å². The molecular formula is C29H41N3O. The highest BCUT2D eigenvalue weighted by Crippen LogP contribution is 2.35. The van der Waals surface area contributed by atoms with Gasteiger partial charge in [0.15, 0.2) is 0 Å². The van der Waals surface area contributed by atoms with E-state index < -0.39 is 0 Å². The smallest absolute Gasteiger partial charge is 0.230 e. The molecule has 4 nitrogen and oxygen atoms in total. The van der Waals surface area contributed by atoms with E-state index in [1.165, 1.54) is 11.1 Å². The average molecular weight is 448 g/mol. The Hall–Kier alpha value is -2.75. The summed E-state index contributed by atoms with van der Waals surface area (Å²) in [5.41, 5.74) is 8.01. The van der Waals surface area contributed by atoms with Gasteiger partial charge in [0.25, 0.3) is 0 Å². The molecule has 0 spiro atoms. The third-order valence-electron chi connectivity index (χ3n) is 5.71. The second-order valence-corrected chi connectivity index (χ2v) is 10.5. The zero-order valence-corrected chi connectivity index (χ0v) is 22.4. The van der Waals surface area contributed by atoms with Gasteiger partial charge in [-0.1, -0.05) is 90.0 Å². The van der Waals surface area contributed by atoms with Crippen LogP contribution in [0.3, 0.4) is 0 Å². The van der Waals surface area contributed by atoms with Crippen LogP contribution in [0.1, 0.15) is 96.4 Å². The van der Waals surface area contributed by atoms with E-state index in [0.717, 1.165) is 33.9 Å². The largest absolute Gasteiger partial charge is 0.340 e. The van der Waals surface area contributed by atoms with Crippen molar-refractivity contribution in [1.29, 1.82) is 0 Å². The lowest BCUT2D eigenvalue weighted by atomic mass is 9.93. The molecule has 0 saturated carbocycles. The maximum Gasteiger partial charge on any atom is 0.230 e. The molecule has 178 valence electrons. The first-order valence-electron chi connectivity index (χ1n) is 11.9. The minimum atomic E-state index is -0.293. The summed E-state index contributed by atoms with van der Waals surface area (Å²) in [7, 11) is 0. The Morgan fingerprint density at radius 2 is 1.21 bits per heavy atom. The maximum absolute atomic E-state index is 5.95. The minimum absolute atomic E-state index is 0.293. The van der Waals surface area contributed by atoms with Crippen molar-refractivity contribution in [2.45, 2.75) is 88.0 Å². The van der Waals surface area contributed by atoms with Crippen molar-refractivity contribution < 1.29 is 4.84 Å². The van der Waals surface area contributed by atoms with Crippen LogP contribution in [0.2, 0.25) is 0 Å². The van der Waals surface area contributed by atoms with Crippen LogP contribution in [-0.2, 0) is 4.84 Å². The first-order valence-corrected chi connectivity index (χ1v) is 11.9. The molecule has 4 heteroatoms. The molecule has 0 aromatic heterocycles. The van der Waals surface area contributed by atoms with E-state index in [4.69, 9.17) is 14.8 Å². The van der Waals surface area contributed by atoms with Gasteiger partial charge in [0.2, 0.25) is 5.90 Å². The van der Waals surface area contributed by atoms with E-state index in [-0.39, 0.29) is 5.41 Å². The number of benzene rings is 2. The molecule has 0 aliphatic carbocycles. The maximum atomic E-state index is 5.95. The van der Waals surface area contributed by atoms with Gasteiger partial charge in [0.05, 0.1) is 22.8 Å². The quantitative estimate of drug-likeness (QED) is 0.248. The number of nitrogens with zero attached hydrogens (tertiary/aromatic N) is 3. The highest BCUT2D eigenvalue weighted by Gasteiger charge is 2.23. The molecular weight excluding hydrogens is 406 g/mol. The Bertz CT molecular complexity index is 1020. The molecule has 0 atom stereocenters. The summed E-state index contributed by atoms with van der Waals surface area (Å²) in [4.78, 5) is 15.8. The zero-order chi connectivity index (χ0) is 24.9. The molecule has 0 aliphatic heterocycles. The van der Waals surface area contributed by atoms with E-state index in [0.29, 0.717) is 17.7 Å². The van der Waals surface area contributed by atoms with Crippen LogP contribution in [0.25, 0.3) is 0 Å².